The van der Waals surface area contributed by atoms with Crippen molar-refractivity contribution < 1.29 is 18.0 Å². The Morgan fingerprint density at radius 1 is 1.11 bits per heavy atom. The summed E-state index contributed by atoms with van der Waals surface area (Å²) in [5, 5.41) is 0. The lowest BCUT2D eigenvalue weighted by atomic mass is 9.86. The largest absolute Gasteiger partial charge is 0.416 e. The van der Waals surface area contributed by atoms with Crippen LogP contribution in [0.5, 0.6) is 0 Å². The Kier molecular flexibility index (Phi) is 5.59. The highest BCUT2D eigenvalue weighted by atomic mass is 19.4. The summed E-state index contributed by atoms with van der Waals surface area (Å²) >= 11 is 0. The quantitative estimate of drug-likeness (QED) is 0.664. The molecule has 0 radical (unpaired) electrons. The van der Waals surface area contributed by atoms with Crippen LogP contribution in [0.25, 0.3) is 0 Å². The van der Waals surface area contributed by atoms with Crippen molar-refractivity contribution in [3.63, 3.8) is 0 Å². The van der Waals surface area contributed by atoms with Gasteiger partial charge in [-0.05, 0) is 48.1 Å². The fourth-order valence-corrected chi connectivity index (χ4v) is 3.72. The minimum Gasteiger partial charge on any atom is -0.331 e. The van der Waals surface area contributed by atoms with Gasteiger partial charge in [0.05, 0.1) is 11.6 Å². The van der Waals surface area contributed by atoms with Crippen molar-refractivity contribution in [2.45, 2.75) is 51.9 Å². The molecule has 0 heterocycles. The van der Waals surface area contributed by atoms with Crippen molar-refractivity contribution in [1.82, 2.24) is 4.90 Å². The molecule has 2 aromatic rings. The number of nitrogens with zero attached hydrogens (tertiary/aromatic N) is 1. The van der Waals surface area contributed by atoms with E-state index in [4.69, 9.17) is 0 Å². The van der Waals surface area contributed by atoms with Gasteiger partial charge in [-0.2, -0.15) is 13.2 Å². The highest BCUT2D eigenvalue weighted by Crippen LogP contribution is 2.36. The molecule has 1 unspecified atom stereocenters. The molecule has 1 aliphatic rings. The Labute approximate surface area is 158 Å². The first kappa shape index (κ1) is 19.5. The summed E-state index contributed by atoms with van der Waals surface area (Å²) in [6.45, 7) is 4.03. The minimum atomic E-state index is -4.35. The van der Waals surface area contributed by atoms with E-state index in [1.54, 1.807) is 0 Å². The van der Waals surface area contributed by atoms with E-state index in [2.05, 4.69) is 12.1 Å². The summed E-state index contributed by atoms with van der Waals surface area (Å²) in [6.07, 6.45) is -1.49. The van der Waals surface area contributed by atoms with Crippen molar-refractivity contribution in [3.8, 4) is 0 Å². The molecule has 0 bridgehead atoms. The highest BCUT2D eigenvalue weighted by Gasteiger charge is 2.32. The number of carbonyl (C=O) groups excluding carboxylic acids is 1. The molecule has 1 amide bonds. The van der Waals surface area contributed by atoms with Crippen LogP contribution in [-0.4, -0.2) is 10.8 Å². The molecule has 0 saturated carbocycles. The van der Waals surface area contributed by atoms with Gasteiger partial charge in [-0.25, -0.2) is 0 Å². The van der Waals surface area contributed by atoms with E-state index in [0.29, 0.717) is 12.1 Å². The van der Waals surface area contributed by atoms with E-state index < -0.39 is 11.7 Å². The van der Waals surface area contributed by atoms with E-state index >= 15 is 0 Å². The van der Waals surface area contributed by atoms with Gasteiger partial charge in [0.15, 0.2) is 0 Å². The van der Waals surface area contributed by atoms with E-state index in [9.17, 15) is 18.0 Å². The van der Waals surface area contributed by atoms with Gasteiger partial charge in [0.2, 0.25) is 5.91 Å². The number of aryl methyl sites for hydroxylation is 1. The van der Waals surface area contributed by atoms with Crippen LogP contribution < -0.4 is 0 Å². The smallest absolute Gasteiger partial charge is 0.331 e. The zero-order valence-corrected chi connectivity index (χ0v) is 15.6. The molecule has 0 spiro atoms. The number of carbonyl (C=O) groups is 1. The van der Waals surface area contributed by atoms with Crippen molar-refractivity contribution >= 4 is 5.91 Å². The fourth-order valence-electron chi connectivity index (χ4n) is 3.72. The van der Waals surface area contributed by atoms with Crippen LogP contribution in [0, 0.1) is 5.92 Å². The van der Waals surface area contributed by atoms with Crippen LogP contribution in [0.3, 0.4) is 0 Å². The van der Waals surface area contributed by atoms with Gasteiger partial charge in [0.1, 0.15) is 0 Å². The second kappa shape index (κ2) is 7.75. The predicted molar refractivity (Wildman–Crippen MR) is 99.0 cm³/mol. The van der Waals surface area contributed by atoms with Gasteiger partial charge >= 0.3 is 6.18 Å². The van der Waals surface area contributed by atoms with Crippen LogP contribution in [0.4, 0.5) is 13.2 Å². The Hall–Kier alpha value is -2.30. The van der Waals surface area contributed by atoms with Crippen molar-refractivity contribution in [1.29, 1.82) is 0 Å². The van der Waals surface area contributed by atoms with Crippen LogP contribution in [-0.2, 0) is 23.9 Å². The lowest BCUT2D eigenvalue weighted by Gasteiger charge is -2.37. The third kappa shape index (κ3) is 4.34. The summed E-state index contributed by atoms with van der Waals surface area (Å²) in [6, 6.07) is 13.2. The van der Waals surface area contributed by atoms with Gasteiger partial charge in [0.25, 0.3) is 0 Å². The molecule has 2 nitrogen and oxygen atoms in total. The number of rotatable bonds is 4. The summed E-state index contributed by atoms with van der Waals surface area (Å²) in [5.41, 5.74) is 2.45. The lowest BCUT2D eigenvalue weighted by Crippen LogP contribution is -2.38. The predicted octanol–water partition coefficient (Wildman–Crippen LogP) is 5.77. The second-order valence-electron chi connectivity index (χ2n) is 7.42. The number of halogens is 3. The molecule has 0 N–H and O–H groups in total. The maximum atomic E-state index is 12.9. The maximum Gasteiger partial charge on any atom is 0.416 e. The number of fused-ring (bicyclic) bond motifs is 1. The molecule has 1 aliphatic carbocycles. The molecule has 1 atom stereocenters. The Morgan fingerprint density at radius 3 is 2.41 bits per heavy atom. The molecule has 0 aliphatic heterocycles. The lowest BCUT2D eigenvalue weighted by molar-refractivity contribution is -0.139. The third-order valence-electron chi connectivity index (χ3n) is 5.13. The summed E-state index contributed by atoms with van der Waals surface area (Å²) in [7, 11) is 0. The van der Waals surface area contributed by atoms with E-state index in [0.717, 1.165) is 37.0 Å². The second-order valence-corrected chi connectivity index (χ2v) is 7.42. The SMILES string of the molecule is CC(C)C(=O)N(Cc1ccc(C(F)(F)F)cc1)C1CCCc2ccccc21. The topological polar surface area (TPSA) is 20.3 Å². The summed E-state index contributed by atoms with van der Waals surface area (Å²) in [4.78, 5) is 14.8. The first-order chi connectivity index (χ1) is 12.8. The van der Waals surface area contributed by atoms with E-state index in [1.807, 2.05) is 30.9 Å². The Morgan fingerprint density at radius 2 is 1.78 bits per heavy atom. The van der Waals surface area contributed by atoms with Gasteiger partial charge in [-0.3, -0.25) is 4.79 Å². The minimum absolute atomic E-state index is 0.0246. The monoisotopic (exact) mass is 375 g/mol. The zero-order valence-electron chi connectivity index (χ0n) is 15.6. The maximum absolute atomic E-state index is 12.9. The first-order valence-electron chi connectivity index (χ1n) is 9.32. The Balaban J connectivity index is 1.90. The van der Waals surface area contributed by atoms with E-state index in [1.165, 1.54) is 17.7 Å². The molecular weight excluding hydrogens is 351 g/mol. The summed E-state index contributed by atoms with van der Waals surface area (Å²) in [5.74, 6) is -0.148. The molecule has 5 heteroatoms. The highest BCUT2D eigenvalue weighted by molar-refractivity contribution is 5.78. The van der Waals surface area contributed by atoms with Gasteiger partial charge < -0.3 is 4.90 Å². The van der Waals surface area contributed by atoms with Crippen LogP contribution >= 0.6 is 0 Å². The number of amides is 1. The van der Waals surface area contributed by atoms with E-state index in [-0.39, 0.29) is 17.9 Å². The normalized spacial score (nSPS) is 16.9. The molecule has 0 saturated heterocycles. The number of alkyl halides is 3. The molecule has 3 rings (SSSR count). The van der Waals surface area contributed by atoms with Crippen LogP contribution in [0.1, 0.15) is 55.0 Å². The van der Waals surface area contributed by atoms with Gasteiger partial charge in [0, 0.05) is 12.5 Å². The van der Waals surface area contributed by atoms with Gasteiger partial charge in [-0.1, -0.05) is 50.2 Å². The average Bonchev–Trinajstić information content (AvgIpc) is 2.65. The number of hydrogen-bond acceptors (Lipinski definition) is 1. The summed E-state index contributed by atoms with van der Waals surface area (Å²) < 4.78 is 38.4. The van der Waals surface area contributed by atoms with Crippen molar-refractivity contribution in [2.75, 3.05) is 0 Å². The molecule has 144 valence electrons. The molecule has 0 aromatic heterocycles. The third-order valence-corrected chi connectivity index (χ3v) is 5.13. The molecule has 27 heavy (non-hydrogen) atoms. The van der Waals surface area contributed by atoms with Crippen LogP contribution in [0.15, 0.2) is 48.5 Å². The van der Waals surface area contributed by atoms with Crippen LogP contribution in [0.2, 0.25) is 0 Å². The number of benzene rings is 2. The van der Waals surface area contributed by atoms with Gasteiger partial charge in [-0.15, -0.1) is 0 Å². The van der Waals surface area contributed by atoms with Crippen molar-refractivity contribution in [3.05, 3.63) is 70.8 Å². The molecular formula is C22H24F3NO. The molecule has 2 aromatic carbocycles. The average molecular weight is 375 g/mol. The Bertz CT molecular complexity index is 796. The number of hydrogen-bond donors (Lipinski definition) is 0. The zero-order chi connectivity index (χ0) is 19.6. The first-order valence-corrected chi connectivity index (χ1v) is 9.32. The standard InChI is InChI=1S/C22H24F3NO/c1-15(2)21(27)26(14-16-10-12-18(13-11-16)22(23,24)25)20-9-5-7-17-6-3-4-8-19(17)20/h3-4,6,8,10-13,15,20H,5,7,9,14H2,1-2H3. The fraction of sp³-hybridized carbons (Fsp3) is 0.409. The molecule has 0 fully saturated rings. The van der Waals surface area contributed by atoms with Crippen molar-refractivity contribution in [2.24, 2.45) is 5.92 Å².